The van der Waals surface area contributed by atoms with E-state index in [4.69, 9.17) is 14.2 Å². The lowest BCUT2D eigenvalue weighted by atomic mass is 9.71. The zero-order valence-electron chi connectivity index (χ0n) is 15.9. The highest BCUT2D eigenvalue weighted by molar-refractivity contribution is 5.78. The monoisotopic (exact) mass is 376 g/mol. The predicted molar refractivity (Wildman–Crippen MR) is 99.7 cm³/mol. The molecule has 7 heteroatoms. The minimum atomic E-state index is -0.148. The van der Waals surface area contributed by atoms with Crippen LogP contribution < -0.4 is 20.1 Å². The summed E-state index contributed by atoms with van der Waals surface area (Å²) in [7, 11) is 3.28. The lowest BCUT2D eigenvalue weighted by molar-refractivity contribution is -0.128. The van der Waals surface area contributed by atoms with Crippen LogP contribution in [0, 0.1) is 11.8 Å². The largest absolute Gasteiger partial charge is 0.497 e. The molecular weight excluding hydrogens is 348 g/mol. The molecule has 4 atom stereocenters. The Morgan fingerprint density at radius 2 is 1.93 bits per heavy atom. The molecule has 2 N–H and O–H groups in total. The van der Waals surface area contributed by atoms with Crippen molar-refractivity contribution in [1.82, 2.24) is 10.6 Å². The molecule has 0 spiro atoms. The fourth-order valence-electron chi connectivity index (χ4n) is 4.20. The second-order valence-electron chi connectivity index (χ2n) is 7.30. The summed E-state index contributed by atoms with van der Waals surface area (Å²) in [6, 6.07) is 7.27. The summed E-state index contributed by atoms with van der Waals surface area (Å²) in [6.07, 6.45) is 3.17. The fraction of sp³-hybridized carbons (Fsp3) is 0.600. The smallest absolute Gasteiger partial charge is 0.258 e. The fourth-order valence-corrected chi connectivity index (χ4v) is 4.20. The molecule has 1 aromatic carbocycles. The number of hydrogen-bond acceptors (Lipinski definition) is 5. The van der Waals surface area contributed by atoms with Crippen molar-refractivity contribution in [3.8, 4) is 11.5 Å². The number of hydrogen-bond donors (Lipinski definition) is 2. The first kappa shape index (κ1) is 19.5. The van der Waals surface area contributed by atoms with Crippen LogP contribution in [0.5, 0.6) is 11.5 Å². The van der Waals surface area contributed by atoms with E-state index in [1.807, 2.05) is 0 Å². The number of piperidine rings is 1. The molecule has 7 nitrogen and oxygen atoms in total. The number of rotatable bonds is 7. The molecule has 2 fully saturated rings. The number of nitrogens with one attached hydrogen (secondary N) is 2. The molecule has 1 saturated carbocycles. The molecule has 2 amide bonds. The van der Waals surface area contributed by atoms with Crippen molar-refractivity contribution in [3.05, 3.63) is 24.3 Å². The maximum atomic E-state index is 12.2. The van der Waals surface area contributed by atoms with Gasteiger partial charge >= 0.3 is 0 Å². The van der Waals surface area contributed by atoms with Gasteiger partial charge in [-0.05, 0) is 55.4 Å². The number of methoxy groups -OCH3 is 2. The summed E-state index contributed by atoms with van der Waals surface area (Å²) in [6.45, 7) is 0.580. The van der Waals surface area contributed by atoms with E-state index in [2.05, 4.69) is 10.6 Å². The van der Waals surface area contributed by atoms with Gasteiger partial charge in [0.25, 0.3) is 5.91 Å². The van der Waals surface area contributed by atoms with E-state index in [-0.39, 0.29) is 36.4 Å². The first-order valence-corrected chi connectivity index (χ1v) is 9.43. The van der Waals surface area contributed by atoms with Crippen LogP contribution >= 0.6 is 0 Å². The van der Waals surface area contributed by atoms with Gasteiger partial charge in [0, 0.05) is 32.2 Å². The van der Waals surface area contributed by atoms with Crippen molar-refractivity contribution in [2.75, 3.05) is 27.4 Å². The third-order valence-electron chi connectivity index (χ3n) is 5.48. The van der Waals surface area contributed by atoms with Gasteiger partial charge in [-0.3, -0.25) is 9.59 Å². The van der Waals surface area contributed by atoms with E-state index in [9.17, 15) is 9.59 Å². The molecule has 0 aromatic heterocycles. The molecule has 1 aliphatic heterocycles. The average molecular weight is 376 g/mol. The van der Waals surface area contributed by atoms with Crippen molar-refractivity contribution >= 4 is 11.8 Å². The van der Waals surface area contributed by atoms with Crippen molar-refractivity contribution in [2.24, 2.45) is 11.8 Å². The van der Waals surface area contributed by atoms with Crippen LogP contribution in [0.15, 0.2) is 24.3 Å². The Morgan fingerprint density at radius 3 is 2.63 bits per heavy atom. The molecule has 1 saturated heterocycles. The Labute approximate surface area is 159 Å². The molecule has 0 radical (unpaired) electrons. The molecule has 1 aromatic rings. The zero-order chi connectivity index (χ0) is 19.2. The van der Waals surface area contributed by atoms with Crippen LogP contribution in [0.3, 0.4) is 0 Å². The van der Waals surface area contributed by atoms with Crippen LogP contribution in [-0.2, 0) is 14.3 Å². The lowest BCUT2D eigenvalue weighted by Crippen LogP contribution is -2.56. The van der Waals surface area contributed by atoms with E-state index in [1.54, 1.807) is 38.5 Å². The predicted octanol–water partition coefficient (Wildman–Crippen LogP) is 1.51. The van der Waals surface area contributed by atoms with Crippen LogP contribution in [-0.4, -0.2) is 51.3 Å². The number of benzene rings is 1. The second-order valence-corrected chi connectivity index (χ2v) is 7.30. The summed E-state index contributed by atoms with van der Waals surface area (Å²) >= 11 is 0. The van der Waals surface area contributed by atoms with Crippen LogP contribution in [0.2, 0.25) is 0 Å². The molecule has 1 heterocycles. The first-order chi connectivity index (χ1) is 13.1. The molecule has 27 heavy (non-hydrogen) atoms. The highest BCUT2D eigenvalue weighted by Gasteiger charge is 2.40. The first-order valence-electron chi connectivity index (χ1n) is 9.43. The highest BCUT2D eigenvalue weighted by atomic mass is 16.5. The van der Waals surface area contributed by atoms with Crippen LogP contribution in [0.25, 0.3) is 0 Å². The number of carbonyl (C=O) groups is 2. The van der Waals surface area contributed by atoms with Crippen LogP contribution in [0.4, 0.5) is 0 Å². The topological polar surface area (TPSA) is 85.9 Å². The quantitative estimate of drug-likeness (QED) is 0.753. The molecule has 2 aliphatic rings. The molecular formula is C20H28N2O5. The van der Waals surface area contributed by atoms with E-state index in [0.717, 1.165) is 25.0 Å². The maximum Gasteiger partial charge on any atom is 0.258 e. The van der Waals surface area contributed by atoms with Gasteiger partial charge in [-0.25, -0.2) is 0 Å². The zero-order valence-corrected chi connectivity index (χ0v) is 15.9. The SMILES string of the molecule is COCC1CC(=O)NC2CC(NC(=O)COc3ccc(OC)cc3)CCC12. The number of fused-ring (bicyclic) bond motifs is 1. The van der Waals surface area contributed by atoms with E-state index < -0.39 is 0 Å². The standard InChI is InChI=1S/C20H28N2O5/c1-25-11-13-9-19(23)22-18-10-14(3-8-17(13)18)21-20(24)12-27-16-6-4-15(26-2)5-7-16/h4-7,13-14,17-18H,3,8-12H2,1-2H3,(H,21,24)(H,22,23). The molecule has 4 unspecified atom stereocenters. The Hall–Kier alpha value is -2.28. The van der Waals surface area contributed by atoms with Crippen molar-refractivity contribution in [1.29, 1.82) is 0 Å². The molecule has 3 rings (SSSR count). The summed E-state index contributed by atoms with van der Waals surface area (Å²) < 4.78 is 15.9. The Morgan fingerprint density at radius 1 is 1.19 bits per heavy atom. The number of ether oxygens (including phenoxy) is 3. The average Bonchev–Trinajstić information content (AvgIpc) is 2.66. The van der Waals surface area contributed by atoms with Crippen molar-refractivity contribution in [2.45, 2.75) is 37.8 Å². The third kappa shape index (κ3) is 5.13. The van der Waals surface area contributed by atoms with Gasteiger partial charge < -0.3 is 24.8 Å². The highest BCUT2D eigenvalue weighted by Crippen LogP contribution is 2.35. The van der Waals surface area contributed by atoms with Crippen molar-refractivity contribution < 1.29 is 23.8 Å². The van der Waals surface area contributed by atoms with E-state index >= 15 is 0 Å². The maximum absolute atomic E-state index is 12.2. The van der Waals surface area contributed by atoms with Gasteiger partial charge in [-0.2, -0.15) is 0 Å². The van der Waals surface area contributed by atoms with Gasteiger partial charge in [0.2, 0.25) is 5.91 Å². The van der Waals surface area contributed by atoms with Gasteiger partial charge in [0.1, 0.15) is 11.5 Å². The lowest BCUT2D eigenvalue weighted by Gasteiger charge is -2.43. The van der Waals surface area contributed by atoms with Crippen molar-refractivity contribution in [3.63, 3.8) is 0 Å². The van der Waals surface area contributed by atoms with Gasteiger partial charge in [0.15, 0.2) is 6.61 Å². The summed E-state index contributed by atoms with van der Waals surface area (Å²) in [5.41, 5.74) is 0. The van der Waals surface area contributed by atoms with Gasteiger partial charge in [-0.15, -0.1) is 0 Å². The Kier molecular flexibility index (Phi) is 6.55. The number of amides is 2. The minimum Gasteiger partial charge on any atom is -0.497 e. The normalized spacial score (nSPS) is 27.3. The third-order valence-corrected chi connectivity index (χ3v) is 5.48. The number of carbonyl (C=O) groups excluding carboxylic acids is 2. The summed E-state index contributed by atoms with van der Waals surface area (Å²) in [5.74, 6) is 1.98. The van der Waals surface area contributed by atoms with Gasteiger partial charge in [-0.1, -0.05) is 0 Å². The van der Waals surface area contributed by atoms with E-state index in [1.165, 1.54) is 0 Å². The van der Waals surface area contributed by atoms with Crippen LogP contribution in [0.1, 0.15) is 25.7 Å². The Bertz CT molecular complexity index is 648. The van der Waals surface area contributed by atoms with E-state index in [0.29, 0.717) is 24.7 Å². The minimum absolute atomic E-state index is 0.0322. The molecule has 148 valence electrons. The summed E-state index contributed by atoms with van der Waals surface area (Å²) in [5, 5.41) is 6.12. The molecule has 1 aliphatic carbocycles. The molecule has 0 bridgehead atoms. The summed E-state index contributed by atoms with van der Waals surface area (Å²) in [4.78, 5) is 24.2. The second kappa shape index (κ2) is 9.08. The Balaban J connectivity index is 1.47. The van der Waals surface area contributed by atoms with Gasteiger partial charge in [0.05, 0.1) is 7.11 Å².